The van der Waals surface area contributed by atoms with Crippen molar-refractivity contribution in [2.45, 2.75) is 33.2 Å². The quantitative estimate of drug-likeness (QED) is 0.608. The van der Waals surface area contributed by atoms with E-state index >= 15 is 0 Å². The molecule has 0 saturated carbocycles. The predicted molar refractivity (Wildman–Crippen MR) is 81.8 cm³/mol. The van der Waals surface area contributed by atoms with Crippen LogP contribution in [-0.4, -0.2) is 15.6 Å². The fourth-order valence-electron chi connectivity index (χ4n) is 2.04. The van der Waals surface area contributed by atoms with E-state index in [-0.39, 0.29) is 5.78 Å². The van der Waals surface area contributed by atoms with Gasteiger partial charge >= 0.3 is 0 Å². The van der Waals surface area contributed by atoms with Crippen molar-refractivity contribution in [3.8, 4) is 0 Å². The van der Waals surface area contributed by atoms with Crippen molar-refractivity contribution in [1.82, 2.24) is 9.78 Å². The van der Waals surface area contributed by atoms with Gasteiger partial charge < -0.3 is 0 Å². The van der Waals surface area contributed by atoms with Crippen molar-refractivity contribution < 1.29 is 4.79 Å². The zero-order chi connectivity index (χ0) is 14.5. The van der Waals surface area contributed by atoms with Gasteiger partial charge in [-0.05, 0) is 36.6 Å². The van der Waals surface area contributed by atoms with Crippen LogP contribution in [0, 0.1) is 0 Å². The zero-order valence-electron chi connectivity index (χ0n) is 12.2. The lowest BCUT2D eigenvalue weighted by molar-refractivity contribution is 0.104. The highest BCUT2D eigenvalue weighted by Gasteiger charge is 2.04. The Morgan fingerprint density at radius 3 is 2.55 bits per heavy atom. The van der Waals surface area contributed by atoms with Crippen LogP contribution in [0.15, 0.2) is 42.6 Å². The molecule has 2 aromatic rings. The fraction of sp³-hybridized carbons (Fsp3) is 0.294. The molecule has 0 spiro atoms. The van der Waals surface area contributed by atoms with Crippen LogP contribution in [0.2, 0.25) is 0 Å². The Labute approximate surface area is 119 Å². The van der Waals surface area contributed by atoms with E-state index < -0.39 is 0 Å². The monoisotopic (exact) mass is 268 g/mol. The van der Waals surface area contributed by atoms with Gasteiger partial charge in [-0.1, -0.05) is 38.1 Å². The molecule has 0 aliphatic heterocycles. The molecule has 3 heteroatoms. The molecule has 0 atom stereocenters. The normalized spacial score (nSPS) is 11.4. The third-order valence-corrected chi connectivity index (χ3v) is 3.32. The van der Waals surface area contributed by atoms with Crippen LogP contribution in [0.25, 0.3) is 6.08 Å². The van der Waals surface area contributed by atoms with Crippen LogP contribution in [0.5, 0.6) is 0 Å². The lowest BCUT2D eigenvalue weighted by atomic mass is 10.0. The second-order valence-corrected chi connectivity index (χ2v) is 5.05. The maximum atomic E-state index is 12.1. The lowest BCUT2D eigenvalue weighted by Crippen LogP contribution is -1.99. The van der Waals surface area contributed by atoms with Gasteiger partial charge in [0.05, 0.1) is 5.69 Å². The first-order valence-corrected chi connectivity index (χ1v) is 6.96. The molecule has 2 rings (SSSR count). The number of aryl methyl sites for hydroxylation is 1. The summed E-state index contributed by atoms with van der Waals surface area (Å²) in [6, 6.07) is 9.71. The Balaban J connectivity index is 2.12. The Morgan fingerprint density at radius 1 is 1.25 bits per heavy atom. The van der Waals surface area contributed by atoms with E-state index in [0.29, 0.717) is 11.5 Å². The highest BCUT2D eigenvalue weighted by molar-refractivity contribution is 6.06. The molecule has 0 amide bonds. The van der Waals surface area contributed by atoms with Crippen LogP contribution >= 0.6 is 0 Å². The standard InChI is InChI=1S/C17H20N2O/c1-4-19-16(11-12-18-19)9-10-17(20)15-7-5-14(6-8-15)13(2)3/h5-13H,4H2,1-3H3/b10-9+. The zero-order valence-corrected chi connectivity index (χ0v) is 12.2. The van der Waals surface area contributed by atoms with Crippen molar-refractivity contribution in [2.75, 3.05) is 0 Å². The average Bonchev–Trinajstić information content (AvgIpc) is 2.92. The van der Waals surface area contributed by atoms with E-state index in [4.69, 9.17) is 0 Å². The highest BCUT2D eigenvalue weighted by atomic mass is 16.1. The minimum atomic E-state index is 0.0177. The van der Waals surface area contributed by atoms with Gasteiger partial charge in [-0.2, -0.15) is 5.10 Å². The number of allylic oxidation sites excluding steroid dienone is 1. The predicted octanol–water partition coefficient (Wildman–Crippen LogP) is 3.92. The number of aromatic nitrogens is 2. The molecule has 1 heterocycles. The van der Waals surface area contributed by atoms with Gasteiger partial charge in [-0.3, -0.25) is 9.48 Å². The van der Waals surface area contributed by atoms with E-state index in [2.05, 4.69) is 18.9 Å². The Bertz CT molecular complexity index is 606. The number of hydrogen-bond acceptors (Lipinski definition) is 2. The second kappa shape index (κ2) is 6.33. The molecule has 0 radical (unpaired) electrons. The molecule has 20 heavy (non-hydrogen) atoms. The topological polar surface area (TPSA) is 34.9 Å². The van der Waals surface area contributed by atoms with Crippen molar-refractivity contribution >= 4 is 11.9 Å². The van der Waals surface area contributed by atoms with Crippen molar-refractivity contribution in [1.29, 1.82) is 0 Å². The molecule has 1 aromatic heterocycles. The summed E-state index contributed by atoms with van der Waals surface area (Å²) in [6.07, 6.45) is 5.16. The van der Waals surface area contributed by atoms with Crippen LogP contribution in [0.3, 0.4) is 0 Å². The third kappa shape index (κ3) is 3.23. The summed E-state index contributed by atoms with van der Waals surface area (Å²) in [5, 5.41) is 4.17. The first kappa shape index (κ1) is 14.3. The first-order chi connectivity index (χ1) is 9.61. The molecule has 0 unspecified atom stereocenters. The fourth-order valence-corrected chi connectivity index (χ4v) is 2.04. The Hall–Kier alpha value is -2.16. The summed E-state index contributed by atoms with van der Waals surface area (Å²) in [5.41, 5.74) is 2.91. The minimum Gasteiger partial charge on any atom is -0.289 e. The number of benzene rings is 1. The van der Waals surface area contributed by atoms with E-state index in [0.717, 1.165) is 12.2 Å². The Kier molecular flexibility index (Phi) is 4.51. The van der Waals surface area contributed by atoms with E-state index in [1.165, 1.54) is 5.56 Å². The van der Waals surface area contributed by atoms with Gasteiger partial charge in [0.25, 0.3) is 0 Å². The van der Waals surface area contributed by atoms with Crippen molar-refractivity contribution in [2.24, 2.45) is 0 Å². The molecule has 0 bridgehead atoms. The van der Waals surface area contributed by atoms with Gasteiger partial charge in [0.2, 0.25) is 0 Å². The van der Waals surface area contributed by atoms with Crippen LogP contribution in [-0.2, 0) is 6.54 Å². The molecule has 0 fully saturated rings. The largest absolute Gasteiger partial charge is 0.289 e. The molecule has 104 valence electrons. The van der Waals surface area contributed by atoms with Crippen LogP contribution in [0.1, 0.15) is 48.3 Å². The van der Waals surface area contributed by atoms with Gasteiger partial charge in [0.15, 0.2) is 5.78 Å². The maximum Gasteiger partial charge on any atom is 0.185 e. The van der Waals surface area contributed by atoms with E-state index in [9.17, 15) is 4.79 Å². The molecule has 3 nitrogen and oxygen atoms in total. The van der Waals surface area contributed by atoms with Gasteiger partial charge in [-0.15, -0.1) is 0 Å². The Morgan fingerprint density at radius 2 is 1.95 bits per heavy atom. The summed E-state index contributed by atoms with van der Waals surface area (Å²) >= 11 is 0. The second-order valence-electron chi connectivity index (χ2n) is 5.05. The highest BCUT2D eigenvalue weighted by Crippen LogP contribution is 2.15. The number of ketones is 1. The first-order valence-electron chi connectivity index (χ1n) is 6.96. The SMILES string of the molecule is CCn1nccc1/C=C/C(=O)c1ccc(C(C)C)cc1. The molecule has 0 saturated heterocycles. The smallest absolute Gasteiger partial charge is 0.185 e. The number of nitrogens with zero attached hydrogens (tertiary/aromatic N) is 2. The van der Waals surface area contributed by atoms with Crippen molar-refractivity contribution in [3.05, 3.63) is 59.4 Å². The van der Waals surface area contributed by atoms with E-state index in [1.54, 1.807) is 12.3 Å². The molecule has 1 aromatic carbocycles. The molecular weight excluding hydrogens is 248 g/mol. The summed E-state index contributed by atoms with van der Waals surface area (Å²) < 4.78 is 1.85. The van der Waals surface area contributed by atoms with Gasteiger partial charge in [-0.25, -0.2) is 0 Å². The van der Waals surface area contributed by atoms with Crippen LogP contribution < -0.4 is 0 Å². The third-order valence-electron chi connectivity index (χ3n) is 3.32. The number of carbonyl (C=O) groups excluding carboxylic acids is 1. The summed E-state index contributed by atoms with van der Waals surface area (Å²) in [5.74, 6) is 0.498. The number of rotatable bonds is 5. The van der Waals surface area contributed by atoms with Crippen molar-refractivity contribution in [3.63, 3.8) is 0 Å². The summed E-state index contributed by atoms with van der Waals surface area (Å²) in [7, 11) is 0. The number of carbonyl (C=O) groups is 1. The molecule has 0 N–H and O–H groups in total. The molecular formula is C17H20N2O. The van der Waals surface area contributed by atoms with Gasteiger partial charge in [0.1, 0.15) is 0 Å². The molecule has 0 aliphatic rings. The minimum absolute atomic E-state index is 0.0177. The molecule has 0 aliphatic carbocycles. The van der Waals surface area contributed by atoms with Gasteiger partial charge in [0, 0.05) is 18.3 Å². The summed E-state index contributed by atoms with van der Waals surface area (Å²) in [4.78, 5) is 12.1. The number of hydrogen-bond donors (Lipinski definition) is 0. The van der Waals surface area contributed by atoms with Crippen LogP contribution in [0.4, 0.5) is 0 Å². The maximum absolute atomic E-state index is 12.1. The lowest BCUT2D eigenvalue weighted by Gasteiger charge is -2.05. The summed E-state index contributed by atoms with van der Waals surface area (Å²) in [6.45, 7) is 7.10. The van der Waals surface area contributed by atoms with E-state index in [1.807, 2.05) is 48.0 Å². The average molecular weight is 268 g/mol.